The van der Waals surface area contributed by atoms with Crippen LogP contribution in [0.15, 0.2) is 66.9 Å². The van der Waals surface area contributed by atoms with Gasteiger partial charge in [0.1, 0.15) is 17.4 Å². The smallest absolute Gasteiger partial charge is 0.419 e. The summed E-state index contributed by atoms with van der Waals surface area (Å²) in [5, 5.41) is 0. The molecule has 0 saturated carbocycles. The first-order valence-electron chi connectivity index (χ1n) is 10.00. The van der Waals surface area contributed by atoms with E-state index in [4.69, 9.17) is 9.47 Å². The monoisotopic (exact) mass is 411 g/mol. The molecular formula is C24H23F2NO3. The molecule has 0 N–H and O–H groups in total. The van der Waals surface area contributed by atoms with Crippen molar-refractivity contribution in [2.75, 3.05) is 19.6 Å². The Labute approximate surface area is 174 Å². The Morgan fingerprint density at radius 3 is 2.00 bits per heavy atom. The van der Waals surface area contributed by atoms with Crippen LogP contribution in [0.3, 0.4) is 0 Å². The molecule has 0 unspecified atom stereocenters. The van der Waals surface area contributed by atoms with Crippen LogP contribution in [0.5, 0.6) is 0 Å². The Bertz CT molecular complexity index is 911. The molecule has 0 amide bonds. The summed E-state index contributed by atoms with van der Waals surface area (Å²) >= 11 is 0. The van der Waals surface area contributed by atoms with E-state index in [2.05, 4.69) is 17.6 Å². The zero-order valence-electron chi connectivity index (χ0n) is 16.6. The number of benzene rings is 2. The van der Waals surface area contributed by atoms with Gasteiger partial charge in [0.25, 0.3) is 0 Å². The molecule has 2 aliphatic heterocycles. The highest BCUT2D eigenvalue weighted by Gasteiger charge is 2.48. The Balaban J connectivity index is 1.43. The van der Waals surface area contributed by atoms with Gasteiger partial charge < -0.3 is 14.4 Å². The van der Waals surface area contributed by atoms with Crippen LogP contribution in [0.4, 0.5) is 13.6 Å². The molecule has 2 aromatic rings. The number of ether oxygens (including phenoxy) is 2. The summed E-state index contributed by atoms with van der Waals surface area (Å²) in [6.07, 6.45) is 3.52. The molecule has 2 heterocycles. The van der Waals surface area contributed by atoms with Gasteiger partial charge in [-0.1, -0.05) is 36.9 Å². The molecule has 2 saturated heterocycles. The first kappa shape index (κ1) is 20.3. The number of nitrogens with zero attached hydrogens (tertiary/aromatic N) is 1. The summed E-state index contributed by atoms with van der Waals surface area (Å²) < 4.78 is 37.1. The van der Waals surface area contributed by atoms with Crippen LogP contribution in [0.2, 0.25) is 0 Å². The van der Waals surface area contributed by atoms with Gasteiger partial charge in [0.05, 0.1) is 0 Å². The lowest BCUT2D eigenvalue weighted by Crippen LogP contribution is -2.45. The molecule has 0 aromatic heterocycles. The molecule has 0 radical (unpaired) electrons. The summed E-state index contributed by atoms with van der Waals surface area (Å²) in [5.74, 6) is -0.183. The maximum atomic E-state index is 13.4. The highest BCUT2D eigenvalue weighted by atomic mass is 19.1. The first-order chi connectivity index (χ1) is 14.4. The topological polar surface area (TPSA) is 38.8 Å². The Kier molecular flexibility index (Phi) is 5.68. The highest BCUT2D eigenvalue weighted by molar-refractivity contribution is 5.79. The van der Waals surface area contributed by atoms with Crippen molar-refractivity contribution >= 4 is 11.7 Å². The van der Waals surface area contributed by atoms with Crippen LogP contribution in [0.1, 0.15) is 30.4 Å². The van der Waals surface area contributed by atoms with Crippen LogP contribution >= 0.6 is 0 Å². The van der Waals surface area contributed by atoms with Gasteiger partial charge in [0.15, 0.2) is 5.60 Å². The minimum atomic E-state index is -0.684. The molecule has 0 aliphatic carbocycles. The molecule has 2 aromatic carbocycles. The molecule has 4 nitrogen and oxygen atoms in total. The second kappa shape index (κ2) is 8.40. The van der Waals surface area contributed by atoms with E-state index in [9.17, 15) is 13.6 Å². The van der Waals surface area contributed by atoms with Crippen LogP contribution in [0.25, 0.3) is 5.57 Å². The van der Waals surface area contributed by atoms with Crippen LogP contribution in [0, 0.1) is 11.6 Å². The summed E-state index contributed by atoms with van der Waals surface area (Å²) in [7, 11) is 0. The van der Waals surface area contributed by atoms with Crippen molar-refractivity contribution in [1.82, 2.24) is 4.90 Å². The molecule has 156 valence electrons. The predicted molar refractivity (Wildman–Crippen MR) is 110 cm³/mol. The average Bonchev–Trinajstić information content (AvgIpc) is 3.01. The van der Waals surface area contributed by atoms with Crippen LogP contribution < -0.4 is 0 Å². The van der Waals surface area contributed by atoms with Crippen molar-refractivity contribution < 1.29 is 23.0 Å². The van der Waals surface area contributed by atoms with Gasteiger partial charge in [0.2, 0.25) is 0 Å². The normalized spacial score (nSPS) is 18.2. The van der Waals surface area contributed by atoms with E-state index in [1.807, 2.05) is 0 Å². The second-order valence-electron chi connectivity index (χ2n) is 7.63. The molecule has 6 heteroatoms. The van der Waals surface area contributed by atoms with E-state index in [0.717, 1.165) is 42.8 Å². The maximum absolute atomic E-state index is 13.4. The first-order valence-corrected chi connectivity index (χ1v) is 10.00. The zero-order chi connectivity index (χ0) is 21.1. The maximum Gasteiger partial charge on any atom is 0.514 e. The SMILES string of the molecule is C=C1OC(=O)OC12CCN(CCC=C(c1ccc(F)cc1)c1ccc(F)cc1)CC2. The van der Waals surface area contributed by atoms with E-state index < -0.39 is 11.8 Å². The molecular weight excluding hydrogens is 388 g/mol. The molecule has 2 aliphatic rings. The van der Waals surface area contributed by atoms with Gasteiger partial charge in [0, 0.05) is 32.5 Å². The van der Waals surface area contributed by atoms with Gasteiger partial charge >= 0.3 is 6.16 Å². The predicted octanol–water partition coefficient (Wildman–Crippen LogP) is 5.30. The molecule has 2 fully saturated rings. The standard InChI is InChI=1S/C24H23F2NO3/c1-17-24(30-23(28)29-17)12-15-27(16-13-24)14-2-3-22(18-4-8-20(25)9-5-18)19-6-10-21(26)11-7-19/h3-11H,1-2,12-16H2. The third kappa shape index (κ3) is 4.28. The number of likely N-dealkylation sites (tertiary alicyclic amines) is 1. The fourth-order valence-corrected chi connectivity index (χ4v) is 4.00. The molecule has 0 bridgehead atoms. The number of piperidine rings is 1. The Morgan fingerprint density at radius 2 is 1.53 bits per heavy atom. The average molecular weight is 411 g/mol. The van der Waals surface area contributed by atoms with Gasteiger partial charge in [-0.05, 0) is 47.4 Å². The third-order valence-electron chi connectivity index (χ3n) is 5.76. The van der Waals surface area contributed by atoms with E-state index in [0.29, 0.717) is 18.6 Å². The van der Waals surface area contributed by atoms with E-state index in [1.165, 1.54) is 24.3 Å². The van der Waals surface area contributed by atoms with Gasteiger partial charge in [-0.2, -0.15) is 0 Å². The Hall–Kier alpha value is -2.99. The van der Waals surface area contributed by atoms with Crippen molar-refractivity contribution in [3.63, 3.8) is 0 Å². The van der Waals surface area contributed by atoms with Crippen LogP contribution in [-0.4, -0.2) is 36.3 Å². The largest absolute Gasteiger partial charge is 0.514 e. The summed E-state index contributed by atoms with van der Waals surface area (Å²) in [6, 6.07) is 12.6. The summed E-state index contributed by atoms with van der Waals surface area (Å²) in [6.45, 7) is 6.18. The fourth-order valence-electron chi connectivity index (χ4n) is 4.00. The molecule has 1 spiro atoms. The highest BCUT2D eigenvalue weighted by Crippen LogP contribution is 2.38. The number of rotatable bonds is 5. The minimum Gasteiger partial charge on any atom is -0.419 e. The lowest BCUT2D eigenvalue weighted by molar-refractivity contribution is 0.0148. The van der Waals surface area contributed by atoms with Gasteiger partial charge in [-0.25, -0.2) is 13.6 Å². The van der Waals surface area contributed by atoms with Crippen molar-refractivity contribution in [2.24, 2.45) is 0 Å². The second-order valence-corrected chi connectivity index (χ2v) is 7.63. The van der Waals surface area contributed by atoms with Gasteiger partial charge in [-0.3, -0.25) is 0 Å². The summed E-state index contributed by atoms with van der Waals surface area (Å²) in [4.78, 5) is 13.7. The molecule has 30 heavy (non-hydrogen) atoms. The minimum absolute atomic E-state index is 0.294. The molecule has 4 rings (SSSR count). The number of hydrogen-bond donors (Lipinski definition) is 0. The number of cyclic esters (lactones) is 1. The summed E-state index contributed by atoms with van der Waals surface area (Å²) in [5.41, 5.74) is 2.02. The van der Waals surface area contributed by atoms with Crippen LogP contribution in [-0.2, 0) is 9.47 Å². The number of carbonyl (C=O) groups is 1. The zero-order valence-corrected chi connectivity index (χ0v) is 16.6. The molecule has 0 atom stereocenters. The van der Waals surface area contributed by atoms with Crippen molar-refractivity contribution in [3.05, 3.63) is 89.7 Å². The number of carbonyl (C=O) groups excluding carboxylic acids is 1. The van der Waals surface area contributed by atoms with Crippen molar-refractivity contribution in [1.29, 1.82) is 0 Å². The van der Waals surface area contributed by atoms with E-state index in [1.54, 1.807) is 24.3 Å². The number of hydrogen-bond acceptors (Lipinski definition) is 4. The van der Waals surface area contributed by atoms with Crippen molar-refractivity contribution in [2.45, 2.75) is 24.9 Å². The third-order valence-corrected chi connectivity index (χ3v) is 5.76. The lowest BCUT2D eigenvalue weighted by Gasteiger charge is -2.36. The van der Waals surface area contributed by atoms with E-state index in [-0.39, 0.29) is 11.6 Å². The lowest BCUT2D eigenvalue weighted by atomic mass is 9.90. The fraction of sp³-hybridized carbons (Fsp3) is 0.292. The number of halogens is 2. The quantitative estimate of drug-likeness (QED) is 0.626. The van der Waals surface area contributed by atoms with E-state index >= 15 is 0 Å². The van der Waals surface area contributed by atoms with Crippen molar-refractivity contribution in [3.8, 4) is 0 Å². The van der Waals surface area contributed by atoms with Gasteiger partial charge in [-0.15, -0.1) is 0 Å². The Morgan fingerprint density at radius 1 is 1.00 bits per heavy atom.